The third kappa shape index (κ3) is 5.43. The van der Waals surface area contributed by atoms with Crippen molar-refractivity contribution in [3.63, 3.8) is 0 Å². The van der Waals surface area contributed by atoms with Crippen LogP contribution in [0.2, 0.25) is 5.02 Å². The van der Waals surface area contributed by atoms with Gasteiger partial charge in [0.1, 0.15) is 5.75 Å². The zero-order valence-corrected chi connectivity index (χ0v) is 22.0. The molecule has 4 rings (SSSR count). The summed E-state index contributed by atoms with van der Waals surface area (Å²) in [7, 11) is -7.56. The van der Waals surface area contributed by atoms with Crippen LogP contribution in [0.25, 0.3) is 0 Å². The Balaban J connectivity index is 1.50. The number of amides is 1. The van der Waals surface area contributed by atoms with Crippen LogP contribution in [-0.4, -0.2) is 41.6 Å². The summed E-state index contributed by atoms with van der Waals surface area (Å²) in [5.74, 6) is -0.385. The standard InChI is InChI=1S/C24H24ClN3O6S2/c1-15-5-4-6-16(2)23(15)27-36(32,33)19-10-8-18(9-11-19)26-24(29)22-14-28(35(3,30)31)20-13-17(25)7-12-21(20)34-22/h4-13,22,27H,14H2,1-3H3,(H,26,29)/t22-/m0/s1. The van der Waals surface area contributed by atoms with Gasteiger partial charge in [-0.3, -0.25) is 13.8 Å². The number of para-hydroxylation sites is 1. The van der Waals surface area contributed by atoms with Crippen LogP contribution in [0.15, 0.2) is 65.6 Å². The Bertz CT molecular complexity index is 1520. The smallest absolute Gasteiger partial charge is 0.267 e. The van der Waals surface area contributed by atoms with Crippen LogP contribution in [0.4, 0.5) is 17.1 Å². The molecule has 3 aromatic rings. The summed E-state index contributed by atoms with van der Waals surface area (Å²) in [6.07, 6.45) is -0.105. The van der Waals surface area contributed by atoms with E-state index in [-0.39, 0.29) is 22.9 Å². The number of halogens is 1. The first-order valence-electron chi connectivity index (χ1n) is 10.8. The summed E-state index contributed by atoms with van der Waals surface area (Å²) in [6, 6.07) is 15.6. The summed E-state index contributed by atoms with van der Waals surface area (Å²) in [6.45, 7) is 3.38. The molecule has 3 aromatic carbocycles. The Morgan fingerprint density at radius 3 is 2.25 bits per heavy atom. The van der Waals surface area contributed by atoms with Gasteiger partial charge in [0.05, 0.1) is 29.1 Å². The molecule has 9 nitrogen and oxygen atoms in total. The lowest BCUT2D eigenvalue weighted by Crippen LogP contribution is -2.48. The quantitative estimate of drug-likeness (QED) is 0.480. The first kappa shape index (κ1) is 25.8. The summed E-state index contributed by atoms with van der Waals surface area (Å²) in [5, 5.41) is 2.98. The molecule has 1 aliphatic rings. The molecule has 1 amide bonds. The molecule has 190 valence electrons. The Labute approximate surface area is 215 Å². The average molecular weight is 550 g/mol. The number of nitrogens with one attached hydrogen (secondary N) is 2. The van der Waals surface area contributed by atoms with Crippen LogP contribution in [0.3, 0.4) is 0 Å². The number of carbonyl (C=O) groups excluding carboxylic acids is 1. The van der Waals surface area contributed by atoms with Crippen molar-refractivity contribution in [1.29, 1.82) is 0 Å². The molecular weight excluding hydrogens is 526 g/mol. The number of anilines is 3. The Morgan fingerprint density at radius 1 is 1.00 bits per heavy atom. The van der Waals surface area contributed by atoms with Gasteiger partial charge in [0.25, 0.3) is 15.9 Å². The van der Waals surface area contributed by atoms with Crippen molar-refractivity contribution in [2.45, 2.75) is 24.8 Å². The summed E-state index contributed by atoms with van der Waals surface area (Å²) >= 11 is 6.00. The van der Waals surface area contributed by atoms with Crippen LogP contribution in [-0.2, 0) is 24.8 Å². The third-order valence-electron chi connectivity index (χ3n) is 5.63. The molecule has 0 saturated carbocycles. The maximum atomic E-state index is 12.9. The van der Waals surface area contributed by atoms with Crippen LogP contribution in [0, 0.1) is 13.8 Å². The SMILES string of the molecule is Cc1cccc(C)c1NS(=O)(=O)c1ccc(NC(=O)[C@@H]2CN(S(C)(=O)=O)c3cc(Cl)ccc3O2)cc1. The zero-order valence-electron chi connectivity index (χ0n) is 19.6. The summed E-state index contributed by atoms with van der Waals surface area (Å²) in [5.41, 5.74) is 2.67. The topological polar surface area (TPSA) is 122 Å². The summed E-state index contributed by atoms with van der Waals surface area (Å²) in [4.78, 5) is 12.9. The number of nitrogens with zero attached hydrogens (tertiary/aromatic N) is 1. The summed E-state index contributed by atoms with van der Waals surface area (Å²) < 4.78 is 59.8. The molecule has 1 aliphatic heterocycles. The van der Waals surface area contributed by atoms with Gasteiger partial charge in [0, 0.05) is 10.7 Å². The fourth-order valence-corrected chi connectivity index (χ4v) is 6.06. The molecule has 2 N–H and O–H groups in total. The van der Waals surface area contributed by atoms with E-state index in [9.17, 15) is 21.6 Å². The van der Waals surface area contributed by atoms with Crippen LogP contribution >= 0.6 is 11.6 Å². The lowest BCUT2D eigenvalue weighted by Gasteiger charge is -2.34. The normalized spacial score (nSPS) is 15.6. The maximum Gasteiger partial charge on any atom is 0.267 e. The van der Waals surface area contributed by atoms with Crippen molar-refractivity contribution in [2.24, 2.45) is 0 Å². The van der Waals surface area contributed by atoms with Gasteiger partial charge in [-0.15, -0.1) is 0 Å². The Kier molecular flexibility index (Phi) is 6.91. The highest BCUT2D eigenvalue weighted by Gasteiger charge is 2.35. The van der Waals surface area contributed by atoms with Crippen molar-refractivity contribution in [3.05, 3.63) is 76.8 Å². The molecule has 0 bridgehead atoms. The number of aryl methyl sites for hydroxylation is 2. The van der Waals surface area contributed by atoms with E-state index in [2.05, 4.69) is 10.0 Å². The lowest BCUT2D eigenvalue weighted by molar-refractivity contribution is -0.122. The number of benzene rings is 3. The second-order valence-electron chi connectivity index (χ2n) is 8.40. The molecule has 0 radical (unpaired) electrons. The van der Waals surface area contributed by atoms with E-state index >= 15 is 0 Å². The van der Waals surface area contributed by atoms with E-state index in [1.165, 1.54) is 42.5 Å². The fraction of sp³-hybridized carbons (Fsp3) is 0.208. The number of ether oxygens (including phenoxy) is 1. The number of fused-ring (bicyclic) bond motifs is 1. The van der Waals surface area contributed by atoms with Gasteiger partial charge in [-0.1, -0.05) is 29.8 Å². The lowest BCUT2D eigenvalue weighted by atomic mass is 10.1. The van der Waals surface area contributed by atoms with Crippen molar-refractivity contribution >= 4 is 54.6 Å². The average Bonchev–Trinajstić information content (AvgIpc) is 2.80. The highest BCUT2D eigenvalue weighted by atomic mass is 35.5. The number of hydrogen-bond donors (Lipinski definition) is 2. The highest BCUT2D eigenvalue weighted by Crippen LogP contribution is 2.37. The minimum Gasteiger partial charge on any atom is -0.476 e. The first-order chi connectivity index (χ1) is 16.8. The van der Waals surface area contributed by atoms with Crippen LogP contribution in [0.1, 0.15) is 11.1 Å². The molecule has 1 heterocycles. The van der Waals surface area contributed by atoms with E-state index in [4.69, 9.17) is 16.3 Å². The Morgan fingerprint density at radius 2 is 1.64 bits per heavy atom. The fourth-order valence-electron chi connectivity index (χ4n) is 3.78. The largest absolute Gasteiger partial charge is 0.476 e. The van der Waals surface area contributed by atoms with Crippen molar-refractivity contribution in [3.8, 4) is 5.75 Å². The van der Waals surface area contributed by atoms with Crippen molar-refractivity contribution in [2.75, 3.05) is 27.1 Å². The van der Waals surface area contributed by atoms with Gasteiger partial charge in [-0.25, -0.2) is 16.8 Å². The molecule has 0 fully saturated rings. The monoisotopic (exact) mass is 549 g/mol. The predicted octanol–water partition coefficient (Wildman–Crippen LogP) is 3.92. The van der Waals surface area contributed by atoms with Gasteiger partial charge in [-0.05, 0) is 67.4 Å². The minimum absolute atomic E-state index is 0.0196. The van der Waals surface area contributed by atoms with Gasteiger partial charge < -0.3 is 10.1 Å². The number of hydrogen-bond acceptors (Lipinski definition) is 6. The van der Waals surface area contributed by atoms with E-state index < -0.39 is 32.1 Å². The van der Waals surface area contributed by atoms with E-state index in [1.54, 1.807) is 0 Å². The molecule has 0 spiro atoms. The van der Waals surface area contributed by atoms with Crippen molar-refractivity contribution in [1.82, 2.24) is 0 Å². The second-order valence-corrected chi connectivity index (χ2v) is 12.4. The molecule has 0 aromatic heterocycles. The number of rotatable bonds is 6. The molecule has 1 atom stereocenters. The second kappa shape index (κ2) is 9.64. The predicted molar refractivity (Wildman–Crippen MR) is 140 cm³/mol. The van der Waals surface area contributed by atoms with Gasteiger partial charge in [0.2, 0.25) is 10.0 Å². The van der Waals surface area contributed by atoms with E-state index in [1.807, 2.05) is 32.0 Å². The minimum atomic E-state index is -3.86. The zero-order chi connectivity index (χ0) is 26.3. The van der Waals surface area contributed by atoms with Gasteiger partial charge >= 0.3 is 0 Å². The first-order valence-corrected chi connectivity index (χ1v) is 14.5. The molecule has 12 heteroatoms. The van der Waals surface area contributed by atoms with Crippen LogP contribution in [0.5, 0.6) is 5.75 Å². The molecule has 0 aliphatic carbocycles. The van der Waals surface area contributed by atoms with Gasteiger partial charge in [-0.2, -0.15) is 0 Å². The van der Waals surface area contributed by atoms with Crippen molar-refractivity contribution < 1.29 is 26.4 Å². The molecule has 0 unspecified atom stereocenters. The maximum absolute atomic E-state index is 12.9. The number of carbonyl (C=O) groups is 1. The Hall–Kier alpha value is -3.28. The molecule has 0 saturated heterocycles. The number of sulfonamides is 2. The molecule has 36 heavy (non-hydrogen) atoms. The van der Waals surface area contributed by atoms with Crippen LogP contribution < -0.4 is 19.1 Å². The van der Waals surface area contributed by atoms with E-state index in [0.29, 0.717) is 16.4 Å². The van der Waals surface area contributed by atoms with Gasteiger partial charge in [0.15, 0.2) is 6.10 Å². The highest BCUT2D eigenvalue weighted by molar-refractivity contribution is 7.92. The van der Waals surface area contributed by atoms with E-state index in [0.717, 1.165) is 21.7 Å². The molecular formula is C24H24ClN3O6S2. The third-order valence-corrected chi connectivity index (χ3v) is 8.38.